The predicted octanol–water partition coefficient (Wildman–Crippen LogP) is 3.20. The van der Waals surface area contributed by atoms with Crippen LogP contribution in [0.2, 0.25) is 0 Å². The zero-order chi connectivity index (χ0) is 9.23. The molecule has 0 saturated heterocycles. The molecule has 0 aromatic heterocycles. The van der Waals surface area contributed by atoms with Crippen LogP contribution >= 0.6 is 0 Å². The molecule has 0 aliphatic carbocycles. The molecule has 0 saturated carbocycles. The van der Waals surface area contributed by atoms with Gasteiger partial charge in [-0.2, -0.15) is 0 Å². The van der Waals surface area contributed by atoms with Gasteiger partial charge < -0.3 is 5.32 Å². The van der Waals surface area contributed by atoms with Gasteiger partial charge in [0.1, 0.15) is 0 Å². The van der Waals surface area contributed by atoms with Crippen LogP contribution in [0.3, 0.4) is 0 Å². The maximum Gasteiger partial charge on any atom is -0.00519 e. The molecule has 0 bridgehead atoms. The predicted molar refractivity (Wildman–Crippen MR) is 56.5 cm³/mol. The Hall–Kier alpha value is -0.0400. The first-order valence-corrected chi connectivity index (χ1v) is 5.45. The molecule has 0 spiro atoms. The van der Waals surface area contributed by atoms with Crippen LogP contribution in [0, 0.1) is 5.92 Å². The Labute approximate surface area is 77.9 Å². The van der Waals surface area contributed by atoms with Crippen molar-refractivity contribution in [3.8, 4) is 0 Å². The van der Waals surface area contributed by atoms with E-state index in [9.17, 15) is 0 Å². The van der Waals surface area contributed by atoms with E-state index in [4.69, 9.17) is 0 Å². The lowest BCUT2D eigenvalue weighted by Gasteiger charge is -2.07. The molecule has 1 nitrogen and oxygen atoms in total. The first-order chi connectivity index (χ1) is 5.81. The minimum absolute atomic E-state index is 0.939. The van der Waals surface area contributed by atoms with Crippen LogP contribution in [0.1, 0.15) is 52.4 Å². The third-order valence-electron chi connectivity index (χ3n) is 2.57. The van der Waals surface area contributed by atoms with Crippen LogP contribution in [0.25, 0.3) is 0 Å². The van der Waals surface area contributed by atoms with Crippen molar-refractivity contribution in [2.75, 3.05) is 13.6 Å². The van der Waals surface area contributed by atoms with Gasteiger partial charge in [0.25, 0.3) is 0 Å². The van der Waals surface area contributed by atoms with Crippen LogP contribution in [0.5, 0.6) is 0 Å². The van der Waals surface area contributed by atoms with Crippen LogP contribution < -0.4 is 5.32 Å². The van der Waals surface area contributed by atoms with E-state index in [2.05, 4.69) is 19.2 Å². The van der Waals surface area contributed by atoms with Gasteiger partial charge in [-0.1, -0.05) is 46.0 Å². The summed E-state index contributed by atoms with van der Waals surface area (Å²) in [5.41, 5.74) is 0. The van der Waals surface area contributed by atoms with Crippen LogP contribution in [0.15, 0.2) is 0 Å². The minimum Gasteiger partial charge on any atom is -0.320 e. The maximum atomic E-state index is 3.18. The Morgan fingerprint density at radius 2 is 1.75 bits per heavy atom. The first-order valence-electron chi connectivity index (χ1n) is 5.45. The van der Waals surface area contributed by atoms with Crippen molar-refractivity contribution in [1.29, 1.82) is 0 Å². The Morgan fingerprint density at radius 3 is 2.33 bits per heavy atom. The van der Waals surface area contributed by atoms with Gasteiger partial charge in [-0.25, -0.2) is 0 Å². The van der Waals surface area contributed by atoms with Crippen LogP contribution in [-0.4, -0.2) is 13.6 Å². The van der Waals surface area contributed by atoms with Gasteiger partial charge in [0.15, 0.2) is 0 Å². The number of unbranched alkanes of at least 4 members (excludes halogenated alkanes) is 3. The normalized spacial score (nSPS) is 13.2. The highest BCUT2D eigenvalue weighted by Gasteiger charge is 1.97. The zero-order valence-corrected chi connectivity index (χ0v) is 9.03. The molecular weight excluding hydrogens is 146 g/mol. The van der Waals surface area contributed by atoms with Gasteiger partial charge in [0.2, 0.25) is 0 Å². The van der Waals surface area contributed by atoms with Gasteiger partial charge in [-0.05, 0) is 25.9 Å². The molecule has 0 heterocycles. The van der Waals surface area contributed by atoms with Crippen LogP contribution in [0.4, 0.5) is 0 Å². The van der Waals surface area contributed by atoms with Crippen molar-refractivity contribution in [3.63, 3.8) is 0 Å². The molecule has 0 fully saturated rings. The van der Waals surface area contributed by atoms with Gasteiger partial charge >= 0.3 is 0 Å². The second-order valence-electron chi connectivity index (χ2n) is 3.82. The Morgan fingerprint density at radius 1 is 1.08 bits per heavy atom. The molecule has 0 aromatic rings. The highest BCUT2D eigenvalue weighted by Crippen LogP contribution is 2.12. The van der Waals surface area contributed by atoms with E-state index in [0.29, 0.717) is 0 Å². The molecule has 0 aliphatic heterocycles. The number of rotatable bonds is 8. The zero-order valence-electron chi connectivity index (χ0n) is 9.03. The molecule has 0 aromatic carbocycles. The standard InChI is InChI=1S/C11H25N/c1-4-11(2)9-7-5-6-8-10-12-3/h11-12H,4-10H2,1-3H3. The SMILES string of the molecule is CCC(C)CCCCCCNC. The maximum absolute atomic E-state index is 3.18. The first kappa shape index (κ1) is 12.0. The molecule has 1 atom stereocenters. The fourth-order valence-electron chi connectivity index (χ4n) is 1.35. The van der Waals surface area contributed by atoms with Crippen molar-refractivity contribution in [1.82, 2.24) is 5.32 Å². The topological polar surface area (TPSA) is 12.0 Å². The second-order valence-corrected chi connectivity index (χ2v) is 3.82. The van der Waals surface area contributed by atoms with Gasteiger partial charge in [0, 0.05) is 0 Å². The Kier molecular flexibility index (Phi) is 9.02. The van der Waals surface area contributed by atoms with Gasteiger partial charge in [-0.15, -0.1) is 0 Å². The Balaban J connectivity index is 2.90. The van der Waals surface area contributed by atoms with Crippen molar-refractivity contribution in [2.45, 2.75) is 52.4 Å². The number of hydrogen-bond donors (Lipinski definition) is 1. The fourth-order valence-corrected chi connectivity index (χ4v) is 1.35. The molecule has 12 heavy (non-hydrogen) atoms. The largest absolute Gasteiger partial charge is 0.320 e. The molecule has 1 N–H and O–H groups in total. The molecule has 1 unspecified atom stereocenters. The van der Waals surface area contributed by atoms with E-state index in [1.165, 1.54) is 45.1 Å². The van der Waals surface area contributed by atoms with Crippen molar-refractivity contribution >= 4 is 0 Å². The summed E-state index contributed by atoms with van der Waals surface area (Å²) in [7, 11) is 2.03. The minimum atomic E-state index is 0.939. The quantitative estimate of drug-likeness (QED) is 0.553. The average Bonchev–Trinajstić information content (AvgIpc) is 2.10. The van der Waals surface area contributed by atoms with Crippen molar-refractivity contribution in [3.05, 3.63) is 0 Å². The summed E-state index contributed by atoms with van der Waals surface area (Å²) in [6, 6.07) is 0. The lowest BCUT2D eigenvalue weighted by Crippen LogP contribution is -2.06. The van der Waals surface area contributed by atoms with Gasteiger partial charge in [-0.3, -0.25) is 0 Å². The molecule has 0 radical (unpaired) electrons. The average molecular weight is 171 g/mol. The summed E-state index contributed by atoms with van der Waals surface area (Å²) in [4.78, 5) is 0. The van der Waals surface area contributed by atoms with Crippen molar-refractivity contribution < 1.29 is 0 Å². The molecular formula is C11H25N. The lowest BCUT2D eigenvalue weighted by molar-refractivity contribution is 0.473. The smallest absolute Gasteiger partial charge is 0.00519 e. The third-order valence-corrected chi connectivity index (χ3v) is 2.57. The van der Waals surface area contributed by atoms with Gasteiger partial charge in [0.05, 0.1) is 0 Å². The van der Waals surface area contributed by atoms with E-state index < -0.39 is 0 Å². The number of hydrogen-bond acceptors (Lipinski definition) is 1. The van der Waals surface area contributed by atoms with Crippen molar-refractivity contribution in [2.24, 2.45) is 5.92 Å². The molecule has 0 rings (SSSR count). The highest BCUT2D eigenvalue weighted by atomic mass is 14.8. The van der Waals surface area contributed by atoms with E-state index >= 15 is 0 Å². The summed E-state index contributed by atoms with van der Waals surface area (Å²) in [5, 5.41) is 3.18. The molecule has 0 amide bonds. The van der Waals surface area contributed by atoms with E-state index in [0.717, 1.165) is 5.92 Å². The van der Waals surface area contributed by atoms with E-state index in [1.54, 1.807) is 0 Å². The molecule has 74 valence electrons. The van der Waals surface area contributed by atoms with Crippen LogP contribution in [-0.2, 0) is 0 Å². The monoisotopic (exact) mass is 171 g/mol. The fraction of sp³-hybridized carbons (Fsp3) is 1.00. The second kappa shape index (κ2) is 9.05. The Bertz CT molecular complexity index is 81.1. The van der Waals surface area contributed by atoms with E-state index in [1.807, 2.05) is 7.05 Å². The summed E-state index contributed by atoms with van der Waals surface area (Å²) < 4.78 is 0. The summed E-state index contributed by atoms with van der Waals surface area (Å²) in [6.45, 7) is 5.82. The van der Waals surface area contributed by atoms with E-state index in [-0.39, 0.29) is 0 Å². The lowest BCUT2D eigenvalue weighted by atomic mass is 10.0. The molecule has 0 aliphatic rings. The molecule has 1 heteroatoms. The summed E-state index contributed by atoms with van der Waals surface area (Å²) in [6.07, 6.45) is 8.37. The summed E-state index contributed by atoms with van der Waals surface area (Å²) in [5.74, 6) is 0.939. The third kappa shape index (κ3) is 8.06. The highest BCUT2D eigenvalue weighted by molar-refractivity contribution is 4.51. The number of nitrogens with one attached hydrogen (secondary N) is 1. The summed E-state index contributed by atoms with van der Waals surface area (Å²) >= 11 is 0.